The van der Waals surface area contributed by atoms with Crippen molar-refractivity contribution in [2.45, 2.75) is 6.92 Å². The van der Waals surface area contributed by atoms with E-state index in [1.807, 2.05) is 13.0 Å². The van der Waals surface area contributed by atoms with Crippen LogP contribution in [-0.2, 0) is 0 Å². The zero-order chi connectivity index (χ0) is 7.56. The largest absolute Gasteiger partial charge is 0.504 e. The molecule has 3 heteroatoms. The van der Waals surface area contributed by atoms with Crippen LogP contribution in [0.15, 0.2) is 18.2 Å². The van der Waals surface area contributed by atoms with Gasteiger partial charge < -0.3 is 8.17 Å². The fraction of sp³-hybridized carbons (Fsp3) is 0.143. The molecule has 2 nitrogen and oxygen atoms in total. The first-order valence-corrected chi connectivity index (χ1v) is 3.70. The van der Waals surface area contributed by atoms with Crippen molar-refractivity contribution in [3.63, 3.8) is 0 Å². The Kier molecular flexibility index (Phi) is 2.37. The molecule has 0 heterocycles. The molecule has 0 fully saturated rings. The lowest BCUT2D eigenvalue weighted by Gasteiger charge is -2.00. The van der Waals surface area contributed by atoms with Crippen LogP contribution >= 0.6 is 23.0 Å². The van der Waals surface area contributed by atoms with Crippen LogP contribution in [0, 0.1) is 6.92 Å². The lowest BCUT2D eigenvalue weighted by atomic mass is 10.2. The second-order valence-corrected chi connectivity index (χ2v) is 2.49. The predicted octanol–water partition coefficient (Wildman–Crippen LogP) is 2.43. The average Bonchev–Trinajstić information content (AvgIpc) is 1.94. The number of aryl methyl sites for hydroxylation is 1. The van der Waals surface area contributed by atoms with E-state index in [1.165, 1.54) is 0 Å². The first kappa shape index (κ1) is 7.65. The Morgan fingerprint density at radius 1 is 1.50 bits per heavy atom. The van der Waals surface area contributed by atoms with E-state index in [0.717, 1.165) is 5.56 Å². The Labute approximate surface area is 73.5 Å². The van der Waals surface area contributed by atoms with E-state index in [1.54, 1.807) is 35.1 Å². The van der Waals surface area contributed by atoms with Gasteiger partial charge in [-0.05, 0) is 24.6 Å². The molecular formula is C7H7IO2. The summed E-state index contributed by atoms with van der Waals surface area (Å²) in [6.07, 6.45) is 0. The summed E-state index contributed by atoms with van der Waals surface area (Å²) >= 11 is 1.74. The van der Waals surface area contributed by atoms with Gasteiger partial charge in [-0.25, -0.2) is 0 Å². The Morgan fingerprint density at radius 3 is 2.70 bits per heavy atom. The molecular weight excluding hydrogens is 243 g/mol. The summed E-state index contributed by atoms with van der Waals surface area (Å²) in [5.41, 5.74) is 1.07. The zero-order valence-electron chi connectivity index (χ0n) is 5.47. The Morgan fingerprint density at radius 2 is 2.20 bits per heavy atom. The standard InChI is InChI=1S/C7H7IO2/c1-5-2-3-6(9)7(4-5)10-8/h2-4,9H,1H3. The van der Waals surface area contributed by atoms with Crippen LogP contribution in [0.4, 0.5) is 0 Å². The van der Waals surface area contributed by atoms with E-state index in [0.29, 0.717) is 5.75 Å². The van der Waals surface area contributed by atoms with E-state index < -0.39 is 0 Å². The molecule has 0 aliphatic carbocycles. The van der Waals surface area contributed by atoms with Gasteiger partial charge in [-0.1, -0.05) is 6.07 Å². The van der Waals surface area contributed by atoms with Crippen LogP contribution in [0.2, 0.25) is 0 Å². The zero-order valence-corrected chi connectivity index (χ0v) is 7.62. The maximum atomic E-state index is 9.11. The first-order chi connectivity index (χ1) is 4.74. The molecule has 0 spiro atoms. The van der Waals surface area contributed by atoms with Crippen LogP contribution in [0.5, 0.6) is 11.5 Å². The molecule has 0 unspecified atom stereocenters. The molecule has 0 aliphatic heterocycles. The van der Waals surface area contributed by atoms with Crippen molar-refractivity contribution < 1.29 is 8.17 Å². The Bertz CT molecular complexity index is 235. The molecule has 0 aromatic heterocycles. The summed E-state index contributed by atoms with van der Waals surface area (Å²) in [6, 6.07) is 5.22. The molecule has 10 heavy (non-hydrogen) atoms. The van der Waals surface area contributed by atoms with E-state index in [2.05, 4.69) is 0 Å². The van der Waals surface area contributed by atoms with E-state index in [4.69, 9.17) is 8.17 Å². The van der Waals surface area contributed by atoms with Gasteiger partial charge in [-0.2, -0.15) is 0 Å². The summed E-state index contributed by atoms with van der Waals surface area (Å²) in [4.78, 5) is 0. The highest BCUT2D eigenvalue weighted by Gasteiger charge is 1.99. The van der Waals surface area contributed by atoms with Crippen molar-refractivity contribution in [3.8, 4) is 11.5 Å². The van der Waals surface area contributed by atoms with Crippen LogP contribution < -0.4 is 3.07 Å². The fourth-order valence-electron chi connectivity index (χ4n) is 0.683. The molecule has 0 atom stereocenters. The van der Waals surface area contributed by atoms with Gasteiger partial charge in [0.25, 0.3) is 0 Å². The molecule has 1 aromatic carbocycles. The maximum Gasteiger partial charge on any atom is 0.192 e. The molecule has 0 saturated heterocycles. The second kappa shape index (κ2) is 3.09. The number of phenolic OH excluding ortho intramolecular Hbond substituents is 1. The fourth-order valence-corrected chi connectivity index (χ4v) is 1.04. The minimum Gasteiger partial charge on any atom is -0.504 e. The SMILES string of the molecule is Cc1ccc(O)c(OI)c1. The van der Waals surface area contributed by atoms with Crippen molar-refractivity contribution in [3.05, 3.63) is 23.8 Å². The van der Waals surface area contributed by atoms with Crippen LogP contribution in [0.25, 0.3) is 0 Å². The quantitative estimate of drug-likeness (QED) is 0.775. The number of benzene rings is 1. The topological polar surface area (TPSA) is 29.5 Å². The summed E-state index contributed by atoms with van der Waals surface area (Å²) in [5.74, 6) is 0.695. The molecule has 0 bridgehead atoms. The van der Waals surface area contributed by atoms with Crippen molar-refractivity contribution in [1.82, 2.24) is 0 Å². The number of aromatic hydroxyl groups is 1. The van der Waals surface area contributed by atoms with E-state index in [9.17, 15) is 0 Å². The summed E-state index contributed by atoms with van der Waals surface area (Å²) in [5, 5.41) is 9.11. The van der Waals surface area contributed by atoms with Crippen LogP contribution in [0.3, 0.4) is 0 Å². The molecule has 0 radical (unpaired) electrons. The molecule has 54 valence electrons. The van der Waals surface area contributed by atoms with Gasteiger partial charge in [0, 0.05) is 0 Å². The van der Waals surface area contributed by atoms with Gasteiger partial charge in [0.2, 0.25) is 0 Å². The molecule has 1 rings (SSSR count). The van der Waals surface area contributed by atoms with Gasteiger partial charge in [0.05, 0.1) is 0 Å². The van der Waals surface area contributed by atoms with E-state index >= 15 is 0 Å². The van der Waals surface area contributed by atoms with Crippen molar-refractivity contribution in [1.29, 1.82) is 0 Å². The third-order valence-electron chi connectivity index (χ3n) is 1.20. The van der Waals surface area contributed by atoms with Gasteiger partial charge >= 0.3 is 0 Å². The smallest absolute Gasteiger partial charge is 0.192 e. The summed E-state index contributed by atoms with van der Waals surface area (Å²) in [7, 11) is 0. The van der Waals surface area contributed by atoms with Gasteiger partial charge in [0.1, 0.15) is 0 Å². The third-order valence-corrected chi connectivity index (χ3v) is 1.67. The Hall–Kier alpha value is -0.450. The lowest BCUT2D eigenvalue weighted by Crippen LogP contribution is -1.77. The van der Waals surface area contributed by atoms with Crippen LogP contribution in [0.1, 0.15) is 5.56 Å². The molecule has 1 aromatic rings. The van der Waals surface area contributed by atoms with Crippen molar-refractivity contribution in [2.24, 2.45) is 0 Å². The lowest BCUT2D eigenvalue weighted by molar-refractivity contribution is 0.456. The summed E-state index contributed by atoms with van der Waals surface area (Å²) in [6.45, 7) is 1.94. The molecule has 1 N–H and O–H groups in total. The minimum absolute atomic E-state index is 0.181. The second-order valence-electron chi connectivity index (χ2n) is 2.05. The monoisotopic (exact) mass is 250 g/mol. The van der Waals surface area contributed by atoms with Gasteiger partial charge in [-0.3, -0.25) is 0 Å². The highest BCUT2D eigenvalue weighted by molar-refractivity contribution is 14.1. The normalized spacial score (nSPS) is 9.40. The van der Waals surface area contributed by atoms with Crippen molar-refractivity contribution in [2.75, 3.05) is 0 Å². The molecule has 0 amide bonds. The maximum absolute atomic E-state index is 9.11. The van der Waals surface area contributed by atoms with Crippen molar-refractivity contribution >= 4 is 23.0 Å². The third kappa shape index (κ3) is 1.53. The summed E-state index contributed by atoms with van der Waals surface area (Å²) < 4.78 is 4.85. The van der Waals surface area contributed by atoms with Crippen LogP contribution in [-0.4, -0.2) is 5.11 Å². The average molecular weight is 250 g/mol. The van der Waals surface area contributed by atoms with Gasteiger partial charge in [-0.15, -0.1) is 0 Å². The number of hydrogen-bond acceptors (Lipinski definition) is 2. The number of phenols is 1. The minimum atomic E-state index is 0.181. The Balaban J connectivity index is 3.09. The molecule has 0 saturated carbocycles. The highest BCUT2D eigenvalue weighted by Crippen LogP contribution is 2.27. The number of hydrogen-bond donors (Lipinski definition) is 1. The number of halogens is 1. The number of rotatable bonds is 1. The predicted molar refractivity (Wildman–Crippen MR) is 47.5 cm³/mol. The highest BCUT2D eigenvalue weighted by atomic mass is 127. The molecule has 0 aliphatic rings. The first-order valence-electron chi connectivity index (χ1n) is 2.82. The van der Waals surface area contributed by atoms with Gasteiger partial charge in [0.15, 0.2) is 34.5 Å². The van der Waals surface area contributed by atoms with E-state index in [-0.39, 0.29) is 5.75 Å².